The molecule has 0 spiro atoms. The number of hydrogen-bond donors (Lipinski definition) is 1. The van der Waals surface area contributed by atoms with Crippen LogP contribution in [0.15, 0.2) is 50.8 Å². The van der Waals surface area contributed by atoms with Crippen molar-refractivity contribution < 1.29 is 19.0 Å². The molecule has 0 bridgehead atoms. The molecule has 0 aromatic heterocycles. The monoisotopic (exact) mass is 490 g/mol. The van der Waals surface area contributed by atoms with Gasteiger partial charge in [0.1, 0.15) is 5.75 Å². The van der Waals surface area contributed by atoms with Crippen LogP contribution in [0.5, 0.6) is 17.2 Å². The van der Waals surface area contributed by atoms with Crippen LogP contribution in [-0.2, 0) is 4.79 Å². The number of ether oxygens (including phenoxy) is 3. The first-order valence-electron chi connectivity index (χ1n) is 9.65. The minimum absolute atomic E-state index is 0.187. The molecule has 8 heteroatoms. The van der Waals surface area contributed by atoms with Gasteiger partial charge >= 0.3 is 0 Å². The van der Waals surface area contributed by atoms with E-state index in [9.17, 15) is 4.79 Å². The highest BCUT2D eigenvalue weighted by molar-refractivity contribution is 9.10. The SMILES string of the molecule is CCOc1ccc(N=C2NC(=O)/C(=C\c3cc(Br)c(OCC)c(OCC)c3)S2)cc1. The molecule has 1 amide bonds. The number of benzene rings is 2. The molecule has 0 unspecified atom stereocenters. The van der Waals surface area contributed by atoms with E-state index < -0.39 is 0 Å². The topological polar surface area (TPSA) is 69.2 Å². The average Bonchev–Trinajstić information content (AvgIpc) is 3.05. The fourth-order valence-electron chi connectivity index (χ4n) is 2.75. The Labute approximate surface area is 188 Å². The first-order valence-corrected chi connectivity index (χ1v) is 11.3. The van der Waals surface area contributed by atoms with Crippen molar-refractivity contribution in [1.82, 2.24) is 5.32 Å². The number of nitrogens with one attached hydrogen (secondary N) is 1. The van der Waals surface area contributed by atoms with E-state index in [0.29, 0.717) is 41.4 Å². The molecule has 30 heavy (non-hydrogen) atoms. The zero-order chi connectivity index (χ0) is 21.5. The van der Waals surface area contributed by atoms with Gasteiger partial charge in [-0.05, 0) is 96.5 Å². The van der Waals surface area contributed by atoms with Gasteiger partial charge in [0.2, 0.25) is 0 Å². The summed E-state index contributed by atoms with van der Waals surface area (Å²) < 4.78 is 17.6. The Balaban J connectivity index is 1.82. The smallest absolute Gasteiger partial charge is 0.264 e. The molecule has 2 aromatic rings. The standard InChI is InChI=1S/C22H23BrN2O4S/c1-4-27-16-9-7-15(8-10-16)24-22-25-21(26)19(30-22)13-14-11-17(23)20(29-6-3)18(12-14)28-5-2/h7-13H,4-6H2,1-3H3,(H,24,25,26)/b19-13+. The normalized spacial score (nSPS) is 16.1. The molecular formula is C22H23BrN2O4S. The van der Waals surface area contributed by atoms with E-state index in [4.69, 9.17) is 14.2 Å². The highest BCUT2D eigenvalue weighted by Crippen LogP contribution is 2.38. The highest BCUT2D eigenvalue weighted by Gasteiger charge is 2.24. The molecule has 1 aliphatic rings. The minimum Gasteiger partial charge on any atom is -0.494 e. The molecule has 0 radical (unpaired) electrons. The molecule has 1 aliphatic heterocycles. The van der Waals surface area contributed by atoms with Crippen LogP contribution in [0.4, 0.5) is 5.69 Å². The summed E-state index contributed by atoms with van der Waals surface area (Å²) in [6, 6.07) is 11.2. The van der Waals surface area contributed by atoms with Crippen LogP contribution >= 0.6 is 27.7 Å². The number of amides is 1. The maximum absolute atomic E-state index is 12.4. The highest BCUT2D eigenvalue weighted by atomic mass is 79.9. The lowest BCUT2D eigenvalue weighted by Gasteiger charge is -2.13. The number of thioether (sulfide) groups is 1. The Kier molecular flexibility index (Phi) is 7.81. The second kappa shape index (κ2) is 10.5. The van der Waals surface area contributed by atoms with E-state index in [1.807, 2.05) is 63.2 Å². The van der Waals surface area contributed by atoms with Crippen molar-refractivity contribution in [1.29, 1.82) is 0 Å². The van der Waals surface area contributed by atoms with Gasteiger partial charge in [-0.1, -0.05) is 0 Å². The van der Waals surface area contributed by atoms with Crippen LogP contribution in [0.1, 0.15) is 26.3 Å². The number of hydrogen-bond acceptors (Lipinski definition) is 6. The number of amidine groups is 1. The quantitative estimate of drug-likeness (QED) is 0.492. The Hall–Kier alpha value is -2.45. The molecule has 1 N–H and O–H groups in total. The number of rotatable bonds is 8. The van der Waals surface area contributed by atoms with Crippen molar-refractivity contribution in [2.75, 3.05) is 19.8 Å². The van der Waals surface area contributed by atoms with Gasteiger partial charge in [0.15, 0.2) is 16.7 Å². The van der Waals surface area contributed by atoms with E-state index >= 15 is 0 Å². The third kappa shape index (κ3) is 5.58. The van der Waals surface area contributed by atoms with E-state index in [-0.39, 0.29) is 5.91 Å². The maximum Gasteiger partial charge on any atom is 0.264 e. The van der Waals surface area contributed by atoms with Gasteiger partial charge in [-0.15, -0.1) is 0 Å². The molecule has 1 heterocycles. The second-order valence-electron chi connectivity index (χ2n) is 6.10. The predicted molar refractivity (Wildman–Crippen MR) is 125 cm³/mol. The van der Waals surface area contributed by atoms with Crippen molar-refractivity contribution in [2.24, 2.45) is 4.99 Å². The summed E-state index contributed by atoms with van der Waals surface area (Å²) >= 11 is 4.83. The summed E-state index contributed by atoms with van der Waals surface area (Å²) in [6.45, 7) is 7.43. The number of nitrogens with zero attached hydrogens (tertiary/aromatic N) is 1. The molecule has 0 atom stereocenters. The number of halogens is 1. The first-order chi connectivity index (χ1) is 14.5. The van der Waals surface area contributed by atoms with Gasteiger partial charge in [-0.25, -0.2) is 4.99 Å². The molecule has 0 saturated carbocycles. The lowest BCUT2D eigenvalue weighted by Crippen LogP contribution is -2.19. The van der Waals surface area contributed by atoms with Gasteiger partial charge in [-0.3, -0.25) is 4.79 Å². The van der Waals surface area contributed by atoms with Crippen molar-refractivity contribution in [3.63, 3.8) is 0 Å². The van der Waals surface area contributed by atoms with Gasteiger partial charge in [0.25, 0.3) is 5.91 Å². The Bertz CT molecular complexity index is 974. The Morgan fingerprint density at radius 3 is 2.40 bits per heavy atom. The van der Waals surface area contributed by atoms with Crippen LogP contribution < -0.4 is 19.5 Å². The molecule has 158 valence electrons. The predicted octanol–water partition coefficient (Wildman–Crippen LogP) is 5.54. The summed E-state index contributed by atoms with van der Waals surface area (Å²) in [4.78, 5) is 17.5. The van der Waals surface area contributed by atoms with E-state index in [0.717, 1.165) is 21.5 Å². The molecule has 2 aromatic carbocycles. The lowest BCUT2D eigenvalue weighted by molar-refractivity contribution is -0.115. The lowest BCUT2D eigenvalue weighted by atomic mass is 10.2. The molecule has 6 nitrogen and oxygen atoms in total. The van der Waals surface area contributed by atoms with Gasteiger partial charge < -0.3 is 19.5 Å². The largest absolute Gasteiger partial charge is 0.494 e. The number of carbonyl (C=O) groups excluding carboxylic acids is 1. The fourth-order valence-corrected chi connectivity index (χ4v) is 4.17. The molecule has 1 saturated heterocycles. The van der Waals surface area contributed by atoms with Gasteiger partial charge in [-0.2, -0.15) is 0 Å². The van der Waals surface area contributed by atoms with Crippen LogP contribution in [0.25, 0.3) is 6.08 Å². The van der Waals surface area contributed by atoms with Crippen LogP contribution in [0.2, 0.25) is 0 Å². The second-order valence-corrected chi connectivity index (χ2v) is 7.99. The summed E-state index contributed by atoms with van der Waals surface area (Å²) in [5.74, 6) is 1.89. The minimum atomic E-state index is -0.187. The third-order valence-electron chi connectivity index (χ3n) is 3.95. The van der Waals surface area contributed by atoms with Crippen molar-refractivity contribution in [3.8, 4) is 17.2 Å². The molecular weight excluding hydrogens is 468 g/mol. The molecule has 1 fully saturated rings. The van der Waals surface area contributed by atoms with Crippen LogP contribution in [0.3, 0.4) is 0 Å². The summed E-state index contributed by atoms with van der Waals surface area (Å²) in [7, 11) is 0. The van der Waals surface area contributed by atoms with E-state index in [1.54, 1.807) is 0 Å². The first kappa shape index (κ1) is 22.2. The van der Waals surface area contributed by atoms with Crippen molar-refractivity contribution >= 4 is 50.5 Å². The van der Waals surface area contributed by atoms with Crippen molar-refractivity contribution in [3.05, 3.63) is 51.3 Å². The van der Waals surface area contributed by atoms with E-state index in [2.05, 4.69) is 26.2 Å². The third-order valence-corrected chi connectivity index (χ3v) is 5.45. The van der Waals surface area contributed by atoms with Gasteiger partial charge in [0, 0.05) is 0 Å². The molecule has 0 aliphatic carbocycles. The maximum atomic E-state index is 12.4. The van der Waals surface area contributed by atoms with E-state index in [1.165, 1.54) is 11.8 Å². The van der Waals surface area contributed by atoms with Crippen LogP contribution in [0, 0.1) is 0 Å². The average molecular weight is 491 g/mol. The van der Waals surface area contributed by atoms with Crippen LogP contribution in [-0.4, -0.2) is 30.9 Å². The van der Waals surface area contributed by atoms with Crippen molar-refractivity contribution in [2.45, 2.75) is 20.8 Å². The number of aliphatic imine (C=N–C) groups is 1. The molecule has 3 rings (SSSR count). The zero-order valence-corrected chi connectivity index (χ0v) is 19.4. The Morgan fingerprint density at radius 1 is 1.03 bits per heavy atom. The summed E-state index contributed by atoms with van der Waals surface area (Å²) in [5, 5.41) is 3.34. The summed E-state index contributed by atoms with van der Waals surface area (Å²) in [5.41, 5.74) is 1.57. The Morgan fingerprint density at radius 2 is 1.73 bits per heavy atom. The number of carbonyl (C=O) groups is 1. The summed E-state index contributed by atoms with van der Waals surface area (Å²) in [6.07, 6.45) is 1.81. The zero-order valence-electron chi connectivity index (χ0n) is 17.0. The fraction of sp³-hybridized carbons (Fsp3) is 0.273. The van der Waals surface area contributed by atoms with Gasteiger partial charge in [0.05, 0.1) is 34.9 Å².